The summed E-state index contributed by atoms with van der Waals surface area (Å²) in [4.78, 5) is 16.8. The third-order valence-corrected chi connectivity index (χ3v) is 4.78. The molecule has 0 N–H and O–H groups in total. The van der Waals surface area contributed by atoms with Gasteiger partial charge in [0.1, 0.15) is 11.5 Å². The van der Waals surface area contributed by atoms with Crippen molar-refractivity contribution in [3.8, 4) is 22.5 Å². The third kappa shape index (κ3) is 2.28. The van der Waals surface area contributed by atoms with Gasteiger partial charge in [-0.2, -0.15) is 0 Å². The van der Waals surface area contributed by atoms with Crippen LogP contribution >= 0.6 is 0 Å². The van der Waals surface area contributed by atoms with Gasteiger partial charge in [-0.25, -0.2) is 0 Å². The molecule has 3 aromatic rings. The van der Waals surface area contributed by atoms with Crippen LogP contribution in [-0.2, 0) is 5.41 Å². The van der Waals surface area contributed by atoms with Crippen LogP contribution in [0.2, 0.25) is 0 Å². The second kappa shape index (κ2) is 5.45. The lowest BCUT2D eigenvalue weighted by Gasteiger charge is -2.27. The lowest BCUT2D eigenvalue weighted by Crippen LogP contribution is -2.26. The molecular weight excluding hydrogens is 298 g/mol. The molecule has 0 aliphatic heterocycles. The molecule has 1 aliphatic rings. The molecule has 0 saturated heterocycles. The number of Topliss-reactive ketones (excluding diaryl/α,β-unsaturated/α-hetero) is 1. The fourth-order valence-corrected chi connectivity index (χ4v) is 3.43. The van der Waals surface area contributed by atoms with Crippen molar-refractivity contribution in [1.29, 1.82) is 0 Å². The Balaban J connectivity index is 2.06. The van der Waals surface area contributed by atoms with E-state index in [-0.39, 0.29) is 11.2 Å². The Morgan fingerprint density at radius 3 is 2.38 bits per heavy atom. The first-order valence-corrected chi connectivity index (χ1v) is 8.24. The van der Waals surface area contributed by atoms with E-state index in [2.05, 4.69) is 18.8 Å². The standard InChI is InChI=1S/C21H19NO2/c1-21(2)11-8-16(23)18-17(14-6-4-3-5-7-14)19(24-20(18)21)15-9-12-22-13-10-15/h3-7,9-10,12-13H,8,11H2,1-2H3. The molecule has 0 amide bonds. The zero-order valence-corrected chi connectivity index (χ0v) is 13.9. The molecule has 0 atom stereocenters. The summed E-state index contributed by atoms with van der Waals surface area (Å²) in [7, 11) is 0. The van der Waals surface area contributed by atoms with Crippen LogP contribution in [0.25, 0.3) is 22.5 Å². The van der Waals surface area contributed by atoms with E-state index in [1.807, 2.05) is 42.5 Å². The van der Waals surface area contributed by atoms with E-state index in [1.165, 1.54) is 0 Å². The van der Waals surface area contributed by atoms with Crippen LogP contribution in [-0.4, -0.2) is 10.8 Å². The number of furan rings is 1. The number of hydrogen-bond acceptors (Lipinski definition) is 3. The van der Waals surface area contributed by atoms with Crippen LogP contribution in [0.5, 0.6) is 0 Å². The number of aromatic nitrogens is 1. The maximum absolute atomic E-state index is 12.7. The SMILES string of the molecule is CC1(C)CCC(=O)c2c1oc(-c1ccncc1)c2-c1ccccc1. The maximum atomic E-state index is 12.7. The van der Waals surface area contributed by atoms with Crippen LogP contribution in [0.3, 0.4) is 0 Å². The maximum Gasteiger partial charge on any atom is 0.167 e. The third-order valence-electron chi connectivity index (χ3n) is 4.78. The number of fused-ring (bicyclic) bond motifs is 1. The minimum atomic E-state index is -0.141. The molecule has 120 valence electrons. The van der Waals surface area contributed by atoms with Crippen molar-refractivity contribution in [2.75, 3.05) is 0 Å². The predicted molar refractivity (Wildman–Crippen MR) is 94.0 cm³/mol. The topological polar surface area (TPSA) is 43.1 Å². The molecule has 3 nitrogen and oxygen atoms in total. The first-order chi connectivity index (χ1) is 11.6. The van der Waals surface area contributed by atoms with Gasteiger partial charge in [0.15, 0.2) is 5.78 Å². The Labute approximate surface area is 141 Å². The number of ketones is 1. The zero-order valence-electron chi connectivity index (χ0n) is 13.9. The average molecular weight is 317 g/mol. The fourth-order valence-electron chi connectivity index (χ4n) is 3.43. The van der Waals surface area contributed by atoms with Crippen molar-refractivity contribution in [1.82, 2.24) is 4.98 Å². The van der Waals surface area contributed by atoms with E-state index in [4.69, 9.17) is 4.42 Å². The van der Waals surface area contributed by atoms with E-state index in [1.54, 1.807) is 12.4 Å². The molecule has 2 aromatic heterocycles. The molecule has 0 unspecified atom stereocenters. The van der Waals surface area contributed by atoms with Gasteiger partial charge >= 0.3 is 0 Å². The lowest BCUT2D eigenvalue weighted by atomic mass is 9.75. The number of nitrogens with zero attached hydrogens (tertiary/aromatic N) is 1. The summed E-state index contributed by atoms with van der Waals surface area (Å²) in [5.41, 5.74) is 3.49. The molecule has 1 aliphatic carbocycles. The van der Waals surface area contributed by atoms with Crippen molar-refractivity contribution >= 4 is 5.78 Å². The smallest absolute Gasteiger partial charge is 0.167 e. The molecule has 3 heteroatoms. The monoisotopic (exact) mass is 317 g/mol. The second-order valence-corrected chi connectivity index (χ2v) is 6.92. The van der Waals surface area contributed by atoms with Gasteiger partial charge in [-0.1, -0.05) is 44.2 Å². The zero-order chi connectivity index (χ0) is 16.7. The number of carbonyl (C=O) groups is 1. The Morgan fingerprint density at radius 1 is 0.958 bits per heavy atom. The molecule has 1 aromatic carbocycles. The summed E-state index contributed by atoms with van der Waals surface area (Å²) in [5, 5.41) is 0. The van der Waals surface area contributed by atoms with Crippen LogP contribution in [0.1, 0.15) is 42.8 Å². The van der Waals surface area contributed by atoms with E-state index < -0.39 is 0 Å². The molecule has 0 bridgehead atoms. The molecule has 2 heterocycles. The summed E-state index contributed by atoms with van der Waals surface area (Å²) < 4.78 is 6.31. The van der Waals surface area contributed by atoms with E-state index in [0.717, 1.165) is 40.2 Å². The number of benzene rings is 1. The number of carbonyl (C=O) groups excluding carboxylic acids is 1. The van der Waals surface area contributed by atoms with Crippen molar-refractivity contribution in [3.05, 3.63) is 66.2 Å². The Bertz CT molecular complexity index is 892. The van der Waals surface area contributed by atoms with Crippen molar-refractivity contribution in [2.24, 2.45) is 0 Å². The number of rotatable bonds is 2. The van der Waals surface area contributed by atoms with Gasteiger partial charge in [-0.05, 0) is 24.1 Å². The van der Waals surface area contributed by atoms with Gasteiger partial charge in [0.2, 0.25) is 0 Å². The molecule has 24 heavy (non-hydrogen) atoms. The van der Waals surface area contributed by atoms with Crippen LogP contribution in [0.4, 0.5) is 0 Å². The molecule has 0 radical (unpaired) electrons. The van der Waals surface area contributed by atoms with Gasteiger partial charge in [0.05, 0.1) is 5.56 Å². The van der Waals surface area contributed by atoms with Gasteiger partial charge in [-0.15, -0.1) is 0 Å². The Morgan fingerprint density at radius 2 is 1.67 bits per heavy atom. The Hall–Kier alpha value is -2.68. The highest BCUT2D eigenvalue weighted by molar-refractivity contribution is 6.07. The molecule has 0 spiro atoms. The molecule has 4 rings (SSSR count). The van der Waals surface area contributed by atoms with Gasteiger partial charge < -0.3 is 4.42 Å². The summed E-state index contributed by atoms with van der Waals surface area (Å²) in [6.07, 6.45) is 4.88. The number of hydrogen-bond donors (Lipinski definition) is 0. The van der Waals surface area contributed by atoms with Crippen LogP contribution < -0.4 is 0 Å². The largest absolute Gasteiger partial charge is 0.459 e. The lowest BCUT2D eigenvalue weighted by molar-refractivity contribution is 0.0950. The normalized spacial score (nSPS) is 16.0. The van der Waals surface area contributed by atoms with E-state index in [0.29, 0.717) is 6.42 Å². The highest BCUT2D eigenvalue weighted by Crippen LogP contribution is 2.47. The summed E-state index contributed by atoms with van der Waals surface area (Å²) >= 11 is 0. The van der Waals surface area contributed by atoms with E-state index in [9.17, 15) is 4.79 Å². The van der Waals surface area contributed by atoms with Crippen LogP contribution in [0, 0.1) is 0 Å². The first kappa shape index (κ1) is 14.9. The number of pyridine rings is 1. The summed E-state index contributed by atoms with van der Waals surface area (Å²) in [6.45, 7) is 4.29. The van der Waals surface area contributed by atoms with Gasteiger partial charge in [0.25, 0.3) is 0 Å². The second-order valence-electron chi connectivity index (χ2n) is 6.92. The van der Waals surface area contributed by atoms with Crippen molar-refractivity contribution < 1.29 is 9.21 Å². The highest BCUT2D eigenvalue weighted by Gasteiger charge is 2.39. The average Bonchev–Trinajstić information content (AvgIpc) is 3.02. The quantitative estimate of drug-likeness (QED) is 0.647. The molecular formula is C21H19NO2. The van der Waals surface area contributed by atoms with Gasteiger partial charge in [0, 0.05) is 35.4 Å². The minimum absolute atomic E-state index is 0.141. The predicted octanol–water partition coefficient (Wildman–Crippen LogP) is 5.26. The van der Waals surface area contributed by atoms with E-state index >= 15 is 0 Å². The highest BCUT2D eigenvalue weighted by atomic mass is 16.3. The molecule has 0 saturated carbocycles. The first-order valence-electron chi connectivity index (χ1n) is 8.24. The fraction of sp³-hybridized carbons (Fsp3) is 0.238. The molecule has 0 fully saturated rings. The van der Waals surface area contributed by atoms with Crippen molar-refractivity contribution in [2.45, 2.75) is 32.1 Å². The summed E-state index contributed by atoms with van der Waals surface area (Å²) in [5.74, 6) is 1.74. The summed E-state index contributed by atoms with van der Waals surface area (Å²) in [6, 6.07) is 13.9. The Kier molecular flexibility index (Phi) is 3.38. The minimum Gasteiger partial charge on any atom is -0.459 e. The van der Waals surface area contributed by atoms with Gasteiger partial charge in [-0.3, -0.25) is 9.78 Å². The van der Waals surface area contributed by atoms with Crippen molar-refractivity contribution in [3.63, 3.8) is 0 Å². The van der Waals surface area contributed by atoms with Crippen LogP contribution in [0.15, 0.2) is 59.3 Å².